The molecule has 0 radical (unpaired) electrons. The molecule has 1 aromatic heterocycles. The summed E-state index contributed by atoms with van der Waals surface area (Å²) in [6.07, 6.45) is -0.741. The van der Waals surface area contributed by atoms with Crippen LogP contribution in [0.3, 0.4) is 0 Å². The lowest BCUT2D eigenvalue weighted by molar-refractivity contribution is -0.0459. The van der Waals surface area contributed by atoms with E-state index in [1.165, 1.54) is 10.8 Å². The molecule has 1 aromatic rings. The molecule has 0 aromatic carbocycles. The van der Waals surface area contributed by atoms with Crippen LogP contribution in [-0.2, 0) is 11.2 Å². The third-order valence-corrected chi connectivity index (χ3v) is 3.25. The van der Waals surface area contributed by atoms with Crippen molar-refractivity contribution in [1.29, 1.82) is 0 Å². The van der Waals surface area contributed by atoms with Crippen molar-refractivity contribution in [3.8, 4) is 0 Å². The Kier molecular flexibility index (Phi) is 4.44. The second kappa shape index (κ2) is 5.92. The normalized spacial score (nSPS) is 25.9. The van der Waals surface area contributed by atoms with Gasteiger partial charge >= 0.3 is 5.69 Å². The molecule has 8 heteroatoms. The summed E-state index contributed by atoms with van der Waals surface area (Å²) in [6, 6.07) is 0. The van der Waals surface area contributed by atoms with Crippen molar-refractivity contribution >= 4 is 11.6 Å². The van der Waals surface area contributed by atoms with Gasteiger partial charge in [-0.25, -0.2) is 4.79 Å². The van der Waals surface area contributed by atoms with Gasteiger partial charge in [0.15, 0.2) is 0 Å². The van der Waals surface area contributed by atoms with Crippen molar-refractivity contribution in [2.24, 2.45) is 0 Å². The summed E-state index contributed by atoms with van der Waals surface area (Å²) < 4.78 is 6.55. The number of H-pyrrole nitrogens is 1. The molecule has 1 aliphatic rings. The fraction of sp³-hybridized carbons (Fsp3) is 0.500. The monoisotopic (exact) mass is 302 g/mol. The largest absolute Gasteiger partial charge is 0.394 e. The van der Waals surface area contributed by atoms with Crippen LogP contribution in [0.5, 0.6) is 0 Å². The standard InChI is InChI=1S/C12H15ClN2O5/c1-6(13)2-7-4-15(12(19)14-11(7)18)10-3-8(17)9(5-16)20-10/h4,8-10,16-17H,1-3,5H2,(H,14,18,19)/t8-,9+,10+/m0/s1. The van der Waals surface area contributed by atoms with Gasteiger partial charge in [-0.05, 0) is 0 Å². The molecule has 7 nitrogen and oxygen atoms in total. The molecule has 0 bridgehead atoms. The lowest BCUT2D eigenvalue weighted by Crippen LogP contribution is -2.34. The van der Waals surface area contributed by atoms with Crippen LogP contribution in [-0.4, -0.2) is 38.6 Å². The minimum atomic E-state index is -0.865. The van der Waals surface area contributed by atoms with E-state index >= 15 is 0 Å². The first kappa shape index (κ1) is 15.0. The molecule has 110 valence electrons. The maximum Gasteiger partial charge on any atom is 0.330 e. The molecular weight excluding hydrogens is 288 g/mol. The smallest absolute Gasteiger partial charge is 0.330 e. The number of allylic oxidation sites excluding steroid dienone is 1. The van der Waals surface area contributed by atoms with Crippen molar-refractivity contribution in [3.05, 3.63) is 44.2 Å². The van der Waals surface area contributed by atoms with E-state index in [0.717, 1.165) is 0 Å². The summed E-state index contributed by atoms with van der Waals surface area (Å²) >= 11 is 5.67. The van der Waals surface area contributed by atoms with E-state index in [1.54, 1.807) is 0 Å². The molecular formula is C12H15ClN2O5. The maximum absolute atomic E-state index is 11.8. The Morgan fingerprint density at radius 3 is 2.85 bits per heavy atom. The molecule has 0 saturated carbocycles. The number of aromatic nitrogens is 2. The van der Waals surface area contributed by atoms with Gasteiger partial charge < -0.3 is 14.9 Å². The average molecular weight is 303 g/mol. The van der Waals surface area contributed by atoms with Crippen LogP contribution < -0.4 is 11.2 Å². The zero-order chi connectivity index (χ0) is 14.9. The van der Waals surface area contributed by atoms with Gasteiger partial charge in [0.25, 0.3) is 5.56 Å². The number of ether oxygens (including phenoxy) is 1. The fourth-order valence-electron chi connectivity index (χ4n) is 2.12. The van der Waals surface area contributed by atoms with Crippen LogP contribution in [0.2, 0.25) is 0 Å². The molecule has 1 aliphatic heterocycles. The van der Waals surface area contributed by atoms with Gasteiger partial charge in [-0.3, -0.25) is 14.3 Å². The molecule has 1 saturated heterocycles. The highest BCUT2D eigenvalue weighted by atomic mass is 35.5. The number of halogens is 1. The van der Waals surface area contributed by atoms with E-state index in [-0.39, 0.29) is 30.0 Å². The van der Waals surface area contributed by atoms with Gasteiger partial charge in [-0.2, -0.15) is 0 Å². The Morgan fingerprint density at radius 2 is 2.30 bits per heavy atom. The number of aliphatic hydroxyl groups excluding tert-OH is 2. The molecule has 3 N–H and O–H groups in total. The molecule has 0 aliphatic carbocycles. The van der Waals surface area contributed by atoms with Gasteiger partial charge in [0.2, 0.25) is 0 Å². The fourth-order valence-corrected chi connectivity index (χ4v) is 2.27. The predicted octanol–water partition coefficient (Wildman–Crippen LogP) is -0.528. The second-order valence-electron chi connectivity index (χ2n) is 4.63. The van der Waals surface area contributed by atoms with E-state index in [4.69, 9.17) is 21.4 Å². The lowest BCUT2D eigenvalue weighted by Gasteiger charge is -2.15. The molecule has 1 fully saturated rings. The van der Waals surface area contributed by atoms with Gasteiger partial charge in [-0.15, -0.1) is 0 Å². The van der Waals surface area contributed by atoms with Crippen LogP contribution in [0.4, 0.5) is 0 Å². The summed E-state index contributed by atoms with van der Waals surface area (Å²) in [7, 11) is 0. The average Bonchev–Trinajstić information content (AvgIpc) is 2.73. The third kappa shape index (κ3) is 3.01. The highest BCUT2D eigenvalue weighted by molar-refractivity contribution is 6.29. The van der Waals surface area contributed by atoms with Crippen molar-refractivity contribution in [3.63, 3.8) is 0 Å². The summed E-state index contributed by atoms with van der Waals surface area (Å²) in [4.78, 5) is 25.6. The summed E-state index contributed by atoms with van der Waals surface area (Å²) in [6.45, 7) is 3.15. The van der Waals surface area contributed by atoms with E-state index in [1.807, 2.05) is 0 Å². The molecule has 20 heavy (non-hydrogen) atoms. The molecule has 2 rings (SSSR count). The lowest BCUT2D eigenvalue weighted by atomic mass is 10.2. The Morgan fingerprint density at radius 1 is 1.60 bits per heavy atom. The van der Waals surface area contributed by atoms with E-state index in [0.29, 0.717) is 0 Å². The van der Waals surface area contributed by atoms with Crippen molar-refractivity contribution < 1.29 is 14.9 Å². The highest BCUT2D eigenvalue weighted by Crippen LogP contribution is 2.27. The predicted molar refractivity (Wildman–Crippen MR) is 71.6 cm³/mol. The van der Waals surface area contributed by atoms with Gasteiger partial charge in [0, 0.05) is 29.6 Å². The zero-order valence-electron chi connectivity index (χ0n) is 10.6. The van der Waals surface area contributed by atoms with Crippen LogP contribution in [0.15, 0.2) is 27.4 Å². The maximum atomic E-state index is 11.8. The quantitative estimate of drug-likeness (QED) is 0.694. The minimum Gasteiger partial charge on any atom is -0.394 e. The topological polar surface area (TPSA) is 105 Å². The summed E-state index contributed by atoms with van der Waals surface area (Å²) in [5.41, 5.74) is -0.907. The molecule has 3 atom stereocenters. The van der Waals surface area contributed by atoms with Crippen molar-refractivity contribution in [2.75, 3.05) is 6.61 Å². The van der Waals surface area contributed by atoms with Gasteiger partial charge in [0.1, 0.15) is 12.3 Å². The van der Waals surface area contributed by atoms with Crippen LogP contribution in [0.1, 0.15) is 18.2 Å². The summed E-state index contributed by atoms with van der Waals surface area (Å²) in [5, 5.41) is 19.0. The first-order chi connectivity index (χ1) is 9.42. The minimum absolute atomic E-state index is 0.121. The van der Waals surface area contributed by atoms with Crippen molar-refractivity contribution in [2.45, 2.75) is 31.3 Å². The van der Waals surface area contributed by atoms with Crippen LogP contribution in [0, 0.1) is 0 Å². The van der Waals surface area contributed by atoms with Crippen molar-refractivity contribution in [1.82, 2.24) is 9.55 Å². The number of hydrogen-bond donors (Lipinski definition) is 3. The number of aliphatic hydroxyl groups is 2. The van der Waals surface area contributed by atoms with E-state index in [9.17, 15) is 14.7 Å². The Hall–Kier alpha value is -1.41. The van der Waals surface area contributed by atoms with E-state index in [2.05, 4.69) is 11.6 Å². The van der Waals surface area contributed by atoms with E-state index < -0.39 is 29.7 Å². The zero-order valence-corrected chi connectivity index (χ0v) is 11.3. The Balaban J connectivity index is 2.35. The Bertz CT molecular complexity index is 623. The van der Waals surface area contributed by atoms with Crippen LogP contribution >= 0.6 is 11.6 Å². The second-order valence-corrected chi connectivity index (χ2v) is 5.16. The first-order valence-corrected chi connectivity index (χ1v) is 6.42. The number of aromatic amines is 1. The van der Waals surface area contributed by atoms with Gasteiger partial charge in [0.05, 0.1) is 12.7 Å². The third-order valence-electron chi connectivity index (χ3n) is 3.12. The SMILES string of the molecule is C=C(Cl)Cc1cn([C@H]2C[C@H](O)[C@@H](CO)O2)c(=O)[nH]c1=O. The molecule has 0 spiro atoms. The highest BCUT2D eigenvalue weighted by Gasteiger charge is 2.35. The number of rotatable bonds is 4. The Labute approximate surface area is 119 Å². The first-order valence-electron chi connectivity index (χ1n) is 6.04. The summed E-state index contributed by atoms with van der Waals surface area (Å²) in [5.74, 6) is 0. The number of nitrogens with zero attached hydrogens (tertiary/aromatic N) is 1. The number of nitrogens with one attached hydrogen (secondary N) is 1. The molecule has 2 heterocycles. The number of hydrogen-bond acceptors (Lipinski definition) is 5. The van der Waals surface area contributed by atoms with Gasteiger partial charge in [-0.1, -0.05) is 18.2 Å². The molecule has 0 unspecified atom stereocenters. The van der Waals surface area contributed by atoms with Crippen LogP contribution in [0.25, 0.3) is 0 Å². The molecule has 0 amide bonds.